The number of nitrogens with one attached hydrogen (secondary N) is 1. The van der Waals surface area contributed by atoms with Crippen molar-refractivity contribution in [1.29, 1.82) is 0 Å². The molecule has 4 N–H and O–H groups in total. The Morgan fingerprint density at radius 1 is 1.35 bits per heavy atom. The number of benzene rings is 1. The molecule has 0 saturated carbocycles. The number of rotatable bonds is 5. The third-order valence-electron chi connectivity index (χ3n) is 2.00. The second kappa shape index (κ2) is 9.29. The van der Waals surface area contributed by atoms with Crippen molar-refractivity contribution >= 4 is 16.1 Å². The molecule has 0 aliphatic carbocycles. The van der Waals surface area contributed by atoms with Crippen molar-refractivity contribution in [3.05, 3.63) is 35.9 Å². The fourth-order valence-corrected chi connectivity index (χ4v) is 1.22. The van der Waals surface area contributed by atoms with Crippen molar-refractivity contribution in [2.45, 2.75) is 19.9 Å². The van der Waals surface area contributed by atoms with Crippen LogP contribution in [0.5, 0.6) is 0 Å². The highest BCUT2D eigenvalue weighted by Crippen LogP contribution is 2.01. The van der Waals surface area contributed by atoms with Gasteiger partial charge in [0.15, 0.2) is 0 Å². The lowest BCUT2D eigenvalue weighted by Crippen LogP contribution is -2.45. The van der Waals surface area contributed by atoms with E-state index in [1.807, 2.05) is 37.3 Å². The van der Waals surface area contributed by atoms with Crippen LogP contribution in [0.25, 0.3) is 0 Å². The Hall–Kier alpha value is -1.64. The standard InChI is InChI=1S/C11H17N3O.CH4O3S/c1-2-8-13-14(11(12)15)9-10-6-4-3-5-7-10;1-5(2,3)4/h3-7,13H,2,8-9H2,1H3,(H2,12,15);1H3,(H,2,3,4). The molecule has 0 heterocycles. The third kappa shape index (κ3) is 11.5. The summed E-state index contributed by atoms with van der Waals surface area (Å²) in [6.45, 7) is 3.28. The molecule has 2 amide bonds. The molecule has 0 saturated heterocycles. The van der Waals surface area contributed by atoms with Crippen LogP contribution in [0.4, 0.5) is 4.79 Å². The molecule has 20 heavy (non-hydrogen) atoms. The van der Waals surface area contributed by atoms with Crippen molar-refractivity contribution in [1.82, 2.24) is 10.4 Å². The molecule has 7 nitrogen and oxygen atoms in total. The molecule has 0 aliphatic heterocycles. The number of amides is 2. The monoisotopic (exact) mass is 303 g/mol. The van der Waals surface area contributed by atoms with Crippen LogP contribution in [0, 0.1) is 0 Å². The van der Waals surface area contributed by atoms with Crippen LogP contribution >= 0.6 is 0 Å². The van der Waals surface area contributed by atoms with Gasteiger partial charge in [0.05, 0.1) is 12.8 Å². The minimum atomic E-state index is -3.67. The number of hydrogen-bond donors (Lipinski definition) is 3. The minimum Gasteiger partial charge on any atom is -0.350 e. The van der Waals surface area contributed by atoms with Gasteiger partial charge in [0.1, 0.15) is 0 Å². The van der Waals surface area contributed by atoms with Gasteiger partial charge in [-0.15, -0.1) is 0 Å². The average molecular weight is 303 g/mol. The maximum absolute atomic E-state index is 11.1. The number of hydrogen-bond acceptors (Lipinski definition) is 4. The molecule has 1 aromatic rings. The molecule has 114 valence electrons. The molecular weight excluding hydrogens is 282 g/mol. The van der Waals surface area contributed by atoms with Crippen LogP contribution in [-0.2, 0) is 16.7 Å². The Balaban J connectivity index is 0.000000621. The van der Waals surface area contributed by atoms with Gasteiger partial charge >= 0.3 is 6.03 Å². The molecule has 0 atom stereocenters. The lowest BCUT2D eigenvalue weighted by Gasteiger charge is -2.20. The lowest BCUT2D eigenvalue weighted by atomic mass is 10.2. The van der Waals surface area contributed by atoms with Crippen LogP contribution in [0.15, 0.2) is 30.3 Å². The molecule has 0 fully saturated rings. The molecule has 1 aromatic carbocycles. The van der Waals surface area contributed by atoms with Crippen LogP contribution < -0.4 is 11.2 Å². The van der Waals surface area contributed by atoms with E-state index in [4.69, 9.17) is 10.3 Å². The van der Waals surface area contributed by atoms with Gasteiger partial charge in [0.25, 0.3) is 10.1 Å². The largest absolute Gasteiger partial charge is 0.350 e. The number of hydrazine groups is 1. The fourth-order valence-electron chi connectivity index (χ4n) is 1.22. The van der Waals surface area contributed by atoms with Crippen molar-refractivity contribution < 1.29 is 17.8 Å². The van der Waals surface area contributed by atoms with E-state index in [2.05, 4.69) is 5.43 Å². The van der Waals surface area contributed by atoms with Crippen LogP contribution in [0.1, 0.15) is 18.9 Å². The molecular formula is C12H21N3O4S. The Labute approximate surface area is 119 Å². The van der Waals surface area contributed by atoms with Gasteiger partial charge in [0, 0.05) is 6.54 Å². The van der Waals surface area contributed by atoms with Crippen LogP contribution in [-0.4, -0.2) is 36.8 Å². The Bertz CT molecular complexity index is 483. The highest BCUT2D eigenvalue weighted by molar-refractivity contribution is 7.85. The van der Waals surface area contributed by atoms with Gasteiger partial charge in [-0.3, -0.25) is 9.56 Å². The normalized spacial score (nSPS) is 10.3. The van der Waals surface area contributed by atoms with Gasteiger partial charge in [-0.25, -0.2) is 10.2 Å². The quantitative estimate of drug-likeness (QED) is 0.554. The van der Waals surface area contributed by atoms with E-state index in [1.165, 1.54) is 5.01 Å². The number of nitrogens with zero attached hydrogens (tertiary/aromatic N) is 1. The Kier molecular flexibility index (Phi) is 8.53. The second-order valence-electron chi connectivity index (χ2n) is 4.05. The molecule has 0 radical (unpaired) electrons. The van der Waals surface area contributed by atoms with Crippen molar-refractivity contribution in [2.75, 3.05) is 12.8 Å². The molecule has 8 heteroatoms. The molecule has 0 bridgehead atoms. The van der Waals surface area contributed by atoms with Gasteiger partial charge in [-0.1, -0.05) is 37.3 Å². The fraction of sp³-hybridized carbons (Fsp3) is 0.417. The van der Waals surface area contributed by atoms with E-state index in [9.17, 15) is 13.2 Å². The number of primary amides is 1. The SMILES string of the molecule is CCCNN(Cc1ccccc1)C(N)=O.CS(=O)(=O)O. The highest BCUT2D eigenvalue weighted by Gasteiger charge is 2.08. The summed E-state index contributed by atoms with van der Waals surface area (Å²) in [5.74, 6) is 0. The van der Waals surface area contributed by atoms with E-state index in [-0.39, 0.29) is 0 Å². The molecule has 0 unspecified atom stereocenters. The molecule has 0 aromatic heterocycles. The van der Waals surface area contributed by atoms with Crippen molar-refractivity contribution in [3.8, 4) is 0 Å². The van der Waals surface area contributed by atoms with Gasteiger partial charge < -0.3 is 5.73 Å². The van der Waals surface area contributed by atoms with Crippen LogP contribution in [0.3, 0.4) is 0 Å². The summed E-state index contributed by atoms with van der Waals surface area (Å²) in [4.78, 5) is 11.1. The summed E-state index contributed by atoms with van der Waals surface area (Å²) in [5, 5.41) is 1.43. The maximum Gasteiger partial charge on any atom is 0.329 e. The van der Waals surface area contributed by atoms with Crippen molar-refractivity contribution in [3.63, 3.8) is 0 Å². The topological polar surface area (TPSA) is 113 Å². The van der Waals surface area contributed by atoms with E-state index in [0.29, 0.717) is 12.8 Å². The van der Waals surface area contributed by atoms with E-state index >= 15 is 0 Å². The predicted molar refractivity (Wildman–Crippen MR) is 77.3 cm³/mol. The lowest BCUT2D eigenvalue weighted by molar-refractivity contribution is 0.175. The average Bonchev–Trinajstić information content (AvgIpc) is 2.33. The zero-order chi connectivity index (χ0) is 15.6. The number of carbonyl (C=O) groups is 1. The zero-order valence-corrected chi connectivity index (χ0v) is 12.4. The van der Waals surface area contributed by atoms with Gasteiger partial charge in [0.2, 0.25) is 0 Å². The van der Waals surface area contributed by atoms with E-state index < -0.39 is 16.1 Å². The van der Waals surface area contributed by atoms with E-state index in [1.54, 1.807) is 0 Å². The van der Waals surface area contributed by atoms with Crippen molar-refractivity contribution in [2.24, 2.45) is 5.73 Å². The second-order valence-corrected chi connectivity index (χ2v) is 5.52. The van der Waals surface area contributed by atoms with Gasteiger partial charge in [-0.2, -0.15) is 8.42 Å². The summed E-state index contributed by atoms with van der Waals surface area (Å²) in [7, 11) is -3.67. The summed E-state index contributed by atoms with van der Waals surface area (Å²) in [6, 6.07) is 9.29. The first-order valence-electron chi connectivity index (χ1n) is 6.01. The summed E-state index contributed by atoms with van der Waals surface area (Å²) >= 11 is 0. The Morgan fingerprint density at radius 2 is 1.85 bits per heavy atom. The zero-order valence-electron chi connectivity index (χ0n) is 11.6. The molecule has 1 rings (SSSR count). The maximum atomic E-state index is 11.1. The first kappa shape index (κ1) is 18.4. The van der Waals surface area contributed by atoms with E-state index in [0.717, 1.165) is 18.5 Å². The first-order chi connectivity index (χ1) is 9.24. The van der Waals surface area contributed by atoms with Gasteiger partial charge in [-0.05, 0) is 12.0 Å². The first-order valence-corrected chi connectivity index (χ1v) is 7.85. The smallest absolute Gasteiger partial charge is 0.329 e. The third-order valence-corrected chi connectivity index (χ3v) is 2.00. The summed E-state index contributed by atoms with van der Waals surface area (Å²) in [6.07, 6.45) is 1.67. The summed E-state index contributed by atoms with van der Waals surface area (Å²) < 4.78 is 25.9. The molecule has 0 spiro atoms. The number of carbonyl (C=O) groups excluding carboxylic acids is 1. The number of urea groups is 1. The number of nitrogens with two attached hydrogens (primary N) is 1. The predicted octanol–water partition coefficient (Wildman–Crippen LogP) is 0.986. The Morgan fingerprint density at radius 3 is 2.25 bits per heavy atom. The van der Waals surface area contributed by atoms with Crippen LogP contribution in [0.2, 0.25) is 0 Å². The summed E-state index contributed by atoms with van der Waals surface area (Å²) in [5.41, 5.74) is 9.28. The molecule has 0 aliphatic rings. The highest BCUT2D eigenvalue weighted by atomic mass is 32.2. The minimum absolute atomic E-state index is 0.452.